The molecule has 0 unspecified atom stereocenters. The number of hydrogen-bond acceptors (Lipinski definition) is 5. The summed E-state index contributed by atoms with van der Waals surface area (Å²) in [6, 6.07) is 10.6. The first-order valence-electron chi connectivity index (χ1n) is 7.39. The second kappa shape index (κ2) is 8.52. The average molecular weight is 351 g/mol. The van der Waals surface area contributed by atoms with Gasteiger partial charge in [0, 0.05) is 17.1 Å². The van der Waals surface area contributed by atoms with E-state index in [4.69, 9.17) is 21.1 Å². The van der Waals surface area contributed by atoms with Crippen molar-refractivity contribution in [2.24, 2.45) is 0 Å². The van der Waals surface area contributed by atoms with E-state index in [-0.39, 0.29) is 5.69 Å². The molecule has 24 heavy (non-hydrogen) atoms. The van der Waals surface area contributed by atoms with Gasteiger partial charge in [-0.1, -0.05) is 23.7 Å². The molecule has 0 bridgehead atoms. The van der Waals surface area contributed by atoms with Crippen molar-refractivity contribution in [3.63, 3.8) is 0 Å². The first kappa shape index (κ1) is 18.0. The van der Waals surface area contributed by atoms with Gasteiger partial charge < -0.3 is 14.8 Å². The van der Waals surface area contributed by atoms with E-state index in [0.717, 1.165) is 12.0 Å². The Balaban J connectivity index is 2.04. The summed E-state index contributed by atoms with van der Waals surface area (Å²) in [7, 11) is 2.95. The van der Waals surface area contributed by atoms with Crippen molar-refractivity contribution in [3.8, 4) is 11.5 Å². The standard InChI is InChI=1S/C17H19ClN2O4/c1-23-16-9-13(15(20(21)22)10-17(16)24-2)11-19-7-6-12-4-3-5-14(18)8-12/h3-5,8-10,19H,6-7,11H2,1-2H3. The molecule has 2 rings (SSSR count). The molecule has 128 valence electrons. The highest BCUT2D eigenvalue weighted by Crippen LogP contribution is 2.34. The van der Waals surface area contributed by atoms with Crippen LogP contribution in [0.4, 0.5) is 5.69 Å². The Morgan fingerprint density at radius 1 is 1.17 bits per heavy atom. The van der Waals surface area contributed by atoms with Crippen molar-refractivity contribution in [1.29, 1.82) is 0 Å². The minimum atomic E-state index is -0.421. The van der Waals surface area contributed by atoms with Gasteiger partial charge >= 0.3 is 0 Å². The van der Waals surface area contributed by atoms with Gasteiger partial charge in [0.15, 0.2) is 11.5 Å². The number of rotatable bonds is 8. The second-order valence-electron chi connectivity index (χ2n) is 5.15. The van der Waals surface area contributed by atoms with Crippen LogP contribution in [0, 0.1) is 10.1 Å². The molecule has 0 aliphatic carbocycles. The van der Waals surface area contributed by atoms with E-state index in [1.807, 2.05) is 24.3 Å². The number of nitro groups is 1. The van der Waals surface area contributed by atoms with Gasteiger partial charge in [-0.3, -0.25) is 10.1 Å². The minimum Gasteiger partial charge on any atom is -0.493 e. The minimum absolute atomic E-state index is 0.00269. The van der Waals surface area contributed by atoms with Gasteiger partial charge in [0.1, 0.15) is 0 Å². The Morgan fingerprint density at radius 2 is 1.88 bits per heavy atom. The zero-order valence-corrected chi connectivity index (χ0v) is 14.3. The topological polar surface area (TPSA) is 73.6 Å². The number of benzene rings is 2. The molecule has 0 heterocycles. The monoisotopic (exact) mass is 350 g/mol. The summed E-state index contributed by atoms with van der Waals surface area (Å²) in [6.07, 6.45) is 0.779. The second-order valence-corrected chi connectivity index (χ2v) is 5.59. The molecule has 1 N–H and O–H groups in total. The molecule has 0 fully saturated rings. The van der Waals surface area contributed by atoms with Crippen LogP contribution in [0.1, 0.15) is 11.1 Å². The number of nitrogens with one attached hydrogen (secondary N) is 1. The van der Waals surface area contributed by atoms with Gasteiger partial charge in [0.25, 0.3) is 5.69 Å². The smallest absolute Gasteiger partial charge is 0.277 e. The highest BCUT2D eigenvalue weighted by atomic mass is 35.5. The van der Waals surface area contributed by atoms with E-state index in [9.17, 15) is 10.1 Å². The molecular weight excluding hydrogens is 332 g/mol. The number of methoxy groups -OCH3 is 2. The number of hydrogen-bond donors (Lipinski definition) is 1. The molecule has 0 spiro atoms. The van der Waals surface area contributed by atoms with E-state index in [1.54, 1.807) is 6.07 Å². The molecule has 2 aromatic carbocycles. The molecule has 6 nitrogen and oxygen atoms in total. The fourth-order valence-electron chi connectivity index (χ4n) is 2.37. The Hall–Kier alpha value is -2.31. The van der Waals surface area contributed by atoms with Crippen molar-refractivity contribution >= 4 is 17.3 Å². The first-order valence-corrected chi connectivity index (χ1v) is 7.77. The number of ether oxygens (including phenoxy) is 2. The van der Waals surface area contributed by atoms with Gasteiger partial charge in [0.05, 0.1) is 25.2 Å². The molecule has 0 aliphatic rings. The predicted octanol–water partition coefficient (Wildman–Crippen LogP) is 3.60. The van der Waals surface area contributed by atoms with Gasteiger partial charge in [0.2, 0.25) is 0 Å². The van der Waals surface area contributed by atoms with Gasteiger partial charge in [-0.15, -0.1) is 0 Å². The fourth-order valence-corrected chi connectivity index (χ4v) is 2.58. The third kappa shape index (κ3) is 4.59. The van der Waals surface area contributed by atoms with Gasteiger partial charge in [-0.25, -0.2) is 0 Å². The normalized spacial score (nSPS) is 10.5. The summed E-state index contributed by atoms with van der Waals surface area (Å²) in [4.78, 5) is 10.8. The van der Waals surface area contributed by atoms with Crippen LogP contribution in [0.2, 0.25) is 5.02 Å². The van der Waals surface area contributed by atoms with Crippen LogP contribution in [-0.2, 0) is 13.0 Å². The van der Waals surface area contributed by atoms with E-state index in [0.29, 0.717) is 35.2 Å². The van der Waals surface area contributed by atoms with Gasteiger partial charge in [-0.2, -0.15) is 0 Å². The van der Waals surface area contributed by atoms with E-state index in [2.05, 4.69) is 5.32 Å². The molecule has 0 saturated carbocycles. The molecule has 0 radical (unpaired) electrons. The van der Waals surface area contributed by atoms with Crippen LogP contribution in [0.25, 0.3) is 0 Å². The van der Waals surface area contributed by atoms with Crippen molar-refractivity contribution < 1.29 is 14.4 Å². The van der Waals surface area contributed by atoms with Crippen LogP contribution < -0.4 is 14.8 Å². The maximum Gasteiger partial charge on any atom is 0.277 e. The lowest BCUT2D eigenvalue weighted by atomic mass is 10.1. The summed E-state index contributed by atoms with van der Waals surface area (Å²) in [5.74, 6) is 0.807. The van der Waals surface area contributed by atoms with Crippen LogP contribution in [-0.4, -0.2) is 25.7 Å². The maximum atomic E-state index is 11.2. The third-order valence-electron chi connectivity index (χ3n) is 3.58. The summed E-state index contributed by atoms with van der Waals surface area (Å²) in [5, 5.41) is 15.2. The Bertz CT molecular complexity index is 722. The summed E-state index contributed by atoms with van der Waals surface area (Å²) < 4.78 is 10.3. The molecule has 2 aromatic rings. The van der Waals surface area contributed by atoms with Crippen molar-refractivity contribution in [1.82, 2.24) is 5.32 Å². The SMILES string of the molecule is COc1cc(CNCCc2cccc(Cl)c2)c([N+](=O)[O-])cc1OC. The highest BCUT2D eigenvalue weighted by Gasteiger charge is 2.19. The Labute approximate surface area is 145 Å². The molecule has 0 aromatic heterocycles. The molecule has 0 aliphatic heterocycles. The van der Waals surface area contributed by atoms with E-state index >= 15 is 0 Å². The fraction of sp³-hybridized carbons (Fsp3) is 0.294. The van der Waals surface area contributed by atoms with E-state index in [1.165, 1.54) is 20.3 Å². The van der Waals surface area contributed by atoms with Crippen molar-refractivity contribution in [2.75, 3.05) is 20.8 Å². The van der Waals surface area contributed by atoms with Crippen LogP contribution in [0.3, 0.4) is 0 Å². The number of nitro benzene ring substituents is 1. The van der Waals surface area contributed by atoms with Crippen LogP contribution >= 0.6 is 11.6 Å². The lowest BCUT2D eigenvalue weighted by Crippen LogP contribution is -2.17. The van der Waals surface area contributed by atoms with E-state index < -0.39 is 4.92 Å². The Morgan fingerprint density at radius 3 is 2.50 bits per heavy atom. The zero-order chi connectivity index (χ0) is 17.5. The molecular formula is C17H19ClN2O4. The van der Waals surface area contributed by atoms with Crippen LogP contribution in [0.15, 0.2) is 36.4 Å². The molecule has 7 heteroatoms. The largest absolute Gasteiger partial charge is 0.493 e. The number of nitrogens with zero attached hydrogens (tertiary/aromatic N) is 1. The highest BCUT2D eigenvalue weighted by molar-refractivity contribution is 6.30. The number of halogens is 1. The molecule has 0 saturated heterocycles. The quantitative estimate of drug-likeness (QED) is 0.447. The Kier molecular flexibility index (Phi) is 6.40. The average Bonchev–Trinajstić information content (AvgIpc) is 2.57. The van der Waals surface area contributed by atoms with Crippen LogP contribution in [0.5, 0.6) is 11.5 Å². The molecule has 0 amide bonds. The predicted molar refractivity (Wildman–Crippen MR) is 93.1 cm³/mol. The zero-order valence-electron chi connectivity index (χ0n) is 13.5. The third-order valence-corrected chi connectivity index (χ3v) is 3.81. The first-order chi connectivity index (χ1) is 11.5. The summed E-state index contributed by atoms with van der Waals surface area (Å²) >= 11 is 5.95. The van der Waals surface area contributed by atoms with Gasteiger partial charge in [-0.05, 0) is 36.7 Å². The maximum absolute atomic E-state index is 11.2. The van der Waals surface area contributed by atoms with Crippen molar-refractivity contribution in [3.05, 3.63) is 62.7 Å². The summed E-state index contributed by atoms with van der Waals surface area (Å²) in [5.41, 5.74) is 1.66. The summed E-state index contributed by atoms with van der Waals surface area (Å²) in [6.45, 7) is 1.03. The lowest BCUT2D eigenvalue weighted by Gasteiger charge is -2.11. The van der Waals surface area contributed by atoms with Crippen molar-refractivity contribution in [2.45, 2.75) is 13.0 Å². The lowest BCUT2D eigenvalue weighted by molar-refractivity contribution is -0.385. The molecule has 0 atom stereocenters.